The number of hydrogen-bond acceptors (Lipinski definition) is 3. The Morgan fingerprint density at radius 3 is 2.33 bits per heavy atom. The zero-order valence-corrected chi connectivity index (χ0v) is 16.4. The zero-order valence-electron chi connectivity index (χ0n) is 16.4. The first-order chi connectivity index (χ1) is 11.6. The Morgan fingerprint density at radius 2 is 1.71 bits per heavy atom. The van der Waals surface area contributed by atoms with Gasteiger partial charge in [0.15, 0.2) is 0 Å². The van der Waals surface area contributed by atoms with Crippen LogP contribution in [0.15, 0.2) is 24.3 Å². The van der Waals surface area contributed by atoms with Crippen LogP contribution in [0.5, 0.6) is 0 Å². The van der Waals surface area contributed by atoms with Gasteiger partial charge in [-0.05, 0) is 49.9 Å². The highest BCUT2D eigenvalue weighted by atomic mass is 16.2. The summed E-state index contributed by atoms with van der Waals surface area (Å²) in [6.45, 7) is 9.18. The number of anilines is 1. The summed E-state index contributed by atoms with van der Waals surface area (Å²) in [5, 5.41) is 10.4. The largest absolute Gasteiger partial charge is 0.400 e. The van der Waals surface area contributed by atoms with Crippen molar-refractivity contribution in [1.29, 1.82) is 0 Å². The van der Waals surface area contributed by atoms with Gasteiger partial charge in [0.25, 0.3) is 0 Å². The van der Waals surface area contributed by atoms with Gasteiger partial charge < -0.3 is 15.3 Å². The molecule has 1 aliphatic heterocycles. The average molecular weight is 335 g/mol. The fourth-order valence-electron chi connectivity index (χ4n) is 3.59. The number of nitrogens with one attached hydrogen (secondary N) is 1. The number of aliphatic hydroxyl groups is 1. The topological polar surface area (TPSA) is 35.5 Å². The fraction of sp³-hybridized carbons (Fsp3) is 0.714. The van der Waals surface area contributed by atoms with Crippen molar-refractivity contribution in [3.8, 4) is 0 Å². The highest BCUT2D eigenvalue weighted by Gasteiger charge is 2.21. The molecule has 0 amide bonds. The molecule has 138 valence electrons. The van der Waals surface area contributed by atoms with Crippen molar-refractivity contribution in [3.63, 3.8) is 0 Å². The Kier molecular flexibility index (Phi) is 10.0. The molecule has 1 aromatic carbocycles. The van der Waals surface area contributed by atoms with Crippen LogP contribution in [0, 0.1) is 5.92 Å². The summed E-state index contributed by atoms with van der Waals surface area (Å²) in [7, 11) is 3.25. The molecule has 3 nitrogen and oxygen atoms in total. The van der Waals surface area contributed by atoms with Gasteiger partial charge in [0.05, 0.1) is 0 Å². The van der Waals surface area contributed by atoms with E-state index in [1.165, 1.54) is 49.9 Å². The highest BCUT2D eigenvalue weighted by Crippen LogP contribution is 2.33. The van der Waals surface area contributed by atoms with Gasteiger partial charge in [0, 0.05) is 25.4 Å². The van der Waals surface area contributed by atoms with Crippen molar-refractivity contribution >= 4 is 5.69 Å². The minimum Gasteiger partial charge on any atom is -0.400 e. The second kappa shape index (κ2) is 11.5. The molecule has 1 heterocycles. The van der Waals surface area contributed by atoms with E-state index in [1.54, 1.807) is 0 Å². The van der Waals surface area contributed by atoms with E-state index in [2.05, 4.69) is 62.3 Å². The minimum absolute atomic E-state index is 0.697. The van der Waals surface area contributed by atoms with Gasteiger partial charge in [0.2, 0.25) is 0 Å². The molecule has 3 heteroatoms. The molecule has 1 fully saturated rings. The molecule has 2 atom stereocenters. The maximum atomic E-state index is 7.00. The van der Waals surface area contributed by atoms with Gasteiger partial charge >= 0.3 is 0 Å². The Labute approximate surface area is 149 Å². The van der Waals surface area contributed by atoms with Gasteiger partial charge in [0.1, 0.15) is 0 Å². The van der Waals surface area contributed by atoms with Crippen LogP contribution in [0.2, 0.25) is 0 Å². The maximum absolute atomic E-state index is 7.00. The van der Waals surface area contributed by atoms with Crippen molar-refractivity contribution in [2.75, 3.05) is 32.6 Å². The van der Waals surface area contributed by atoms with E-state index in [0.29, 0.717) is 5.92 Å². The molecule has 2 unspecified atom stereocenters. The third kappa shape index (κ3) is 6.10. The molecule has 0 spiro atoms. The predicted octanol–water partition coefficient (Wildman–Crippen LogP) is 4.73. The van der Waals surface area contributed by atoms with Gasteiger partial charge in [-0.25, -0.2) is 0 Å². The summed E-state index contributed by atoms with van der Waals surface area (Å²) in [5.41, 5.74) is 2.79. The van der Waals surface area contributed by atoms with Gasteiger partial charge in [-0.2, -0.15) is 0 Å². The number of fused-ring (bicyclic) bond motifs is 1. The lowest BCUT2D eigenvalue weighted by Crippen LogP contribution is -2.32. The van der Waals surface area contributed by atoms with Crippen molar-refractivity contribution < 1.29 is 5.11 Å². The Morgan fingerprint density at radius 1 is 1.08 bits per heavy atom. The lowest BCUT2D eigenvalue weighted by molar-refractivity contribution is 0.200. The molecule has 2 aliphatic rings. The molecule has 1 aromatic rings. The first-order valence-electron chi connectivity index (χ1n) is 9.61. The van der Waals surface area contributed by atoms with Crippen LogP contribution in [0.25, 0.3) is 0 Å². The van der Waals surface area contributed by atoms with E-state index in [-0.39, 0.29) is 0 Å². The van der Waals surface area contributed by atoms with Crippen LogP contribution >= 0.6 is 0 Å². The number of nitrogens with zero attached hydrogens (tertiary/aromatic N) is 1. The molecule has 3 rings (SSSR count). The molecule has 24 heavy (non-hydrogen) atoms. The summed E-state index contributed by atoms with van der Waals surface area (Å²) >= 11 is 0. The third-order valence-electron chi connectivity index (χ3n) is 5.62. The quantitative estimate of drug-likeness (QED) is 0.820. The van der Waals surface area contributed by atoms with Crippen LogP contribution in [0.3, 0.4) is 0 Å². The van der Waals surface area contributed by atoms with Crippen LogP contribution in [0.4, 0.5) is 5.69 Å². The molecule has 1 saturated carbocycles. The first kappa shape index (κ1) is 21.0. The molecular weight excluding hydrogens is 296 g/mol. The van der Waals surface area contributed by atoms with Crippen molar-refractivity contribution in [2.45, 2.75) is 64.8 Å². The van der Waals surface area contributed by atoms with Gasteiger partial charge in [-0.1, -0.05) is 58.2 Å². The molecule has 0 aromatic heterocycles. The third-order valence-corrected chi connectivity index (χ3v) is 5.62. The summed E-state index contributed by atoms with van der Waals surface area (Å²) in [5.74, 6) is 1.45. The molecule has 0 radical (unpaired) electrons. The van der Waals surface area contributed by atoms with Gasteiger partial charge in [-0.3, -0.25) is 0 Å². The summed E-state index contributed by atoms with van der Waals surface area (Å²) in [6.07, 6.45) is 7.24. The Hall–Kier alpha value is -1.06. The van der Waals surface area contributed by atoms with Crippen molar-refractivity contribution in [2.24, 2.45) is 5.92 Å². The second-order valence-electron chi connectivity index (χ2n) is 7.10. The number of benzene rings is 1. The lowest BCUT2D eigenvalue weighted by Gasteiger charge is -2.29. The lowest BCUT2D eigenvalue weighted by atomic mass is 9.85. The van der Waals surface area contributed by atoms with Crippen LogP contribution in [-0.2, 0) is 0 Å². The van der Waals surface area contributed by atoms with Crippen LogP contribution in [-0.4, -0.2) is 43.3 Å². The van der Waals surface area contributed by atoms with Crippen LogP contribution < -0.4 is 5.32 Å². The first-order valence-corrected chi connectivity index (χ1v) is 9.61. The standard InChI is InChI=1S/C11H15N.C9H19N.CH4O/c1-8-7-12-11-6-4-3-5-10(11)9(8)2;1-3-10(2)9-7-5-4-6-8-9;1-2/h3-6,8-9,12H,7H2,1-2H3;9H,3-8H2,1-2H3;2H,1H3. The average Bonchev–Trinajstić information content (AvgIpc) is 2.67. The summed E-state index contributed by atoms with van der Waals surface area (Å²) < 4.78 is 0. The Bertz CT molecular complexity index is 443. The molecule has 0 bridgehead atoms. The number of hydrogen-bond donors (Lipinski definition) is 2. The predicted molar refractivity (Wildman–Crippen MR) is 106 cm³/mol. The van der Waals surface area contributed by atoms with Gasteiger partial charge in [-0.15, -0.1) is 0 Å². The molecular formula is C21H38N2O. The van der Waals surface area contributed by atoms with E-state index in [4.69, 9.17) is 5.11 Å². The number of aliphatic hydroxyl groups excluding tert-OH is 1. The number of rotatable bonds is 2. The maximum Gasteiger partial charge on any atom is 0.0375 e. The normalized spacial score (nSPS) is 23.1. The summed E-state index contributed by atoms with van der Waals surface area (Å²) in [6, 6.07) is 9.50. The van der Waals surface area contributed by atoms with E-state index in [1.807, 2.05) is 0 Å². The molecule has 0 saturated heterocycles. The van der Waals surface area contributed by atoms with E-state index in [0.717, 1.165) is 25.6 Å². The van der Waals surface area contributed by atoms with E-state index < -0.39 is 0 Å². The highest BCUT2D eigenvalue weighted by molar-refractivity contribution is 5.54. The monoisotopic (exact) mass is 334 g/mol. The van der Waals surface area contributed by atoms with Crippen molar-refractivity contribution in [1.82, 2.24) is 4.90 Å². The fourth-order valence-corrected chi connectivity index (χ4v) is 3.59. The zero-order chi connectivity index (χ0) is 17.9. The summed E-state index contributed by atoms with van der Waals surface area (Å²) in [4.78, 5) is 2.49. The second-order valence-corrected chi connectivity index (χ2v) is 7.10. The minimum atomic E-state index is 0.697. The SMILES string of the molecule is CC1CNc2ccccc2C1C.CCN(C)C1CCCCC1.CO. The van der Waals surface area contributed by atoms with Crippen LogP contribution in [0.1, 0.15) is 64.4 Å². The molecule has 1 aliphatic carbocycles. The smallest absolute Gasteiger partial charge is 0.0375 e. The number of para-hydroxylation sites is 1. The molecule has 2 N–H and O–H groups in total. The van der Waals surface area contributed by atoms with E-state index in [9.17, 15) is 0 Å². The van der Waals surface area contributed by atoms with Crippen molar-refractivity contribution in [3.05, 3.63) is 29.8 Å². The van der Waals surface area contributed by atoms with E-state index >= 15 is 0 Å². The Balaban J connectivity index is 0.000000221.